The fourth-order valence-electron chi connectivity index (χ4n) is 1.84. The quantitative estimate of drug-likeness (QED) is 0.446. The van der Waals surface area contributed by atoms with Gasteiger partial charge in [-0.15, -0.1) is 0 Å². The summed E-state index contributed by atoms with van der Waals surface area (Å²) in [5, 5.41) is 15.8. The molecule has 4 nitrogen and oxygen atoms in total. The third-order valence-corrected chi connectivity index (χ3v) is 3.45. The lowest BCUT2D eigenvalue weighted by Crippen LogP contribution is -2.44. The van der Waals surface area contributed by atoms with E-state index in [9.17, 15) is 0 Å². The van der Waals surface area contributed by atoms with Crippen LogP contribution in [-0.4, -0.2) is 36.8 Å². The van der Waals surface area contributed by atoms with Crippen LogP contribution in [0.5, 0.6) is 0 Å². The number of guanidine groups is 1. The van der Waals surface area contributed by atoms with Gasteiger partial charge in [0.05, 0.1) is 0 Å². The Bertz CT molecular complexity index is 236. The summed E-state index contributed by atoms with van der Waals surface area (Å²) in [6.45, 7) is 12.7. The van der Waals surface area contributed by atoms with Crippen molar-refractivity contribution in [3.63, 3.8) is 0 Å². The minimum atomic E-state index is 0.256. The highest BCUT2D eigenvalue weighted by Gasteiger charge is 2.10. The molecule has 0 aromatic rings. The first-order valence-corrected chi connectivity index (χ1v) is 7.70. The van der Waals surface area contributed by atoms with Crippen LogP contribution in [-0.2, 0) is 0 Å². The topological polar surface area (TPSA) is 56.7 Å². The molecule has 0 spiro atoms. The first-order valence-electron chi connectivity index (χ1n) is 7.70. The fourth-order valence-corrected chi connectivity index (χ4v) is 1.84. The van der Waals surface area contributed by atoms with Gasteiger partial charge in [0.25, 0.3) is 0 Å². The normalized spacial score (nSPS) is 15.4. The molecule has 2 atom stereocenters. The summed E-state index contributed by atoms with van der Waals surface area (Å²) in [7, 11) is 0. The monoisotopic (exact) mass is 271 g/mol. The molecule has 19 heavy (non-hydrogen) atoms. The van der Waals surface area contributed by atoms with Crippen molar-refractivity contribution in [3.05, 3.63) is 0 Å². The summed E-state index contributed by atoms with van der Waals surface area (Å²) in [6.07, 6.45) is 3.12. The Morgan fingerprint density at radius 1 is 1.16 bits per heavy atom. The lowest BCUT2D eigenvalue weighted by atomic mass is 10.0. The first kappa shape index (κ1) is 18.2. The van der Waals surface area contributed by atoms with Gasteiger partial charge in [0, 0.05) is 25.7 Å². The average Bonchev–Trinajstić information content (AvgIpc) is 2.36. The van der Waals surface area contributed by atoms with E-state index < -0.39 is 0 Å². The Labute approximate surface area is 119 Å². The number of aliphatic hydroxyl groups is 1. The van der Waals surface area contributed by atoms with Gasteiger partial charge in [-0.1, -0.05) is 27.2 Å². The van der Waals surface area contributed by atoms with E-state index in [1.807, 2.05) is 0 Å². The van der Waals surface area contributed by atoms with Crippen molar-refractivity contribution < 1.29 is 5.11 Å². The highest BCUT2D eigenvalue weighted by molar-refractivity contribution is 5.80. The molecule has 0 aliphatic rings. The summed E-state index contributed by atoms with van der Waals surface area (Å²) >= 11 is 0. The second-order valence-corrected chi connectivity index (χ2v) is 5.56. The predicted octanol–water partition coefficient (Wildman–Crippen LogP) is 2.38. The lowest BCUT2D eigenvalue weighted by molar-refractivity contribution is 0.253. The van der Waals surface area contributed by atoms with E-state index in [1.54, 1.807) is 0 Å². The maximum absolute atomic E-state index is 9.07. The van der Waals surface area contributed by atoms with E-state index in [2.05, 4.69) is 50.2 Å². The van der Waals surface area contributed by atoms with Gasteiger partial charge in [0.1, 0.15) is 0 Å². The first-order chi connectivity index (χ1) is 9.04. The van der Waals surface area contributed by atoms with Crippen molar-refractivity contribution in [1.82, 2.24) is 10.6 Å². The summed E-state index contributed by atoms with van der Waals surface area (Å²) in [5.41, 5.74) is 0. The summed E-state index contributed by atoms with van der Waals surface area (Å²) < 4.78 is 0. The lowest BCUT2D eigenvalue weighted by Gasteiger charge is -2.21. The highest BCUT2D eigenvalue weighted by Crippen LogP contribution is 2.11. The van der Waals surface area contributed by atoms with Crippen LogP contribution in [0, 0.1) is 11.8 Å². The van der Waals surface area contributed by atoms with E-state index in [4.69, 9.17) is 5.11 Å². The van der Waals surface area contributed by atoms with Crippen molar-refractivity contribution in [2.75, 3.05) is 19.7 Å². The molecule has 0 aliphatic heterocycles. The Balaban J connectivity index is 4.44. The van der Waals surface area contributed by atoms with Crippen LogP contribution in [0.25, 0.3) is 0 Å². The second-order valence-electron chi connectivity index (χ2n) is 5.56. The van der Waals surface area contributed by atoms with Crippen LogP contribution >= 0.6 is 0 Å². The predicted molar refractivity (Wildman–Crippen MR) is 83.5 cm³/mol. The van der Waals surface area contributed by atoms with Gasteiger partial charge in [-0.05, 0) is 38.5 Å². The van der Waals surface area contributed by atoms with Gasteiger partial charge in [0.2, 0.25) is 0 Å². The van der Waals surface area contributed by atoms with Crippen LogP contribution in [0.1, 0.15) is 53.9 Å². The zero-order valence-corrected chi connectivity index (χ0v) is 13.4. The van der Waals surface area contributed by atoms with E-state index in [0.717, 1.165) is 38.3 Å². The molecule has 0 bridgehead atoms. The van der Waals surface area contributed by atoms with Crippen LogP contribution in [0.2, 0.25) is 0 Å². The Kier molecular flexibility index (Phi) is 10.6. The molecule has 0 amide bonds. The Morgan fingerprint density at radius 3 is 2.32 bits per heavy atom. The number of hydrogen-bond donors (Lipinski definition) is 3. The van der Waals surface area contributed by atoms with Gasteiger partial charge < -0.3 is 15.7 Å². The van der Waals surface area contributed by atoms with Gasteiger partial charge >= 0.3 is 0 Å². The summed E-state index contributed by atoms with van der Waals surface area (Å²) in [4.78, 5) is 4.66. The molecule has 0 heterocycles. The molecule has 0 radical (unpaired) electrons. The van der Waals surface area contributed by atoms with Gasteiger partial charge in [-0.25, -0.2) is 0 Å². The number of hydrogen-bond acceptors (Lipinski definition) is 2. The molecule has 0 aromatic heterocycles. The number of rotatable bonds is 9. The fraction of sp³-hybridized carbons (Fsp3) is 0.933. The van der Waals surface area contributed by atoms with Crippen molar-refractivity contribution in [2.45, 2.75) is 59.9 Å². The molecule has 0 saturated carbocycles. The molecule has 0 aliphatic carbocycles. The largest absolute Gasteiger partial charge is 0.396 e. The molecular formula is C15H33N3O. The molecule has 0 rings (SSSR count). The minimum Gasteiger partial charge on any atom is -0.396 e. The summed E-state index contributed by atoms with van der Waals surface area (Å²) in [6, 6.07) is 0.403. The van der Waals surface area contributed by atoms with Gasteiger partial charge in [-0.2, -0.15) is 0 Å². The summed E-state index contributed by atoms with van der Waals surface area (Å²) in [5.74, 6) is 1.95. The van der Waals surface area contributed by atoms with Gasteiger partial charge in [-0.3, -0.25) is 4.99 Å². The molecular weight excluding hydrogens is 238 g/mol. The maximum Gasteiger partial charge on any atom is 0.191 e. The van der Waals surface area contributed by atoms with Crippen molar-refractivity contribution in [1.29, 1.82) is 0 Å². The number of nitrogens with zero attached hydrogens (tertiary/aromatic N) is 1. The SMILES string of the molecule is CCCC(CCO)CN=C(NCC)NC(C)C(C)C. The van der Waals surface area contributed by atoms with Crippen LogP contribution in [0.3, 0.4) is 0 Å². The van der Waals surface area contributed by atoms with Crippen molar-refractivity contribution in [3.8, 4) is 0 Å². The molecule has 4 heteroatoms. The standard InChI is InChI=1S/C15H33N3O/c1-6-8-14(9-10-19)11-17-15(16-7-2)18-13(5)12(3)4/h12-14,19H,6-11H2,1-5H3,(H2,16,17,18). The van der Waals surface area contributed by atoms with Crippen LogP contribution in [0.4, 0.5) is 0 Å². The van der Waals surface area contributed by atoms with Crippen molar-refractivity contribution >= 4 is 5.96 Å². The molecule has 2 unspecified atom stereocenters. The van der Waals surface area contributed by atoms with Crippen LogP contribution < -0.4 is 10.6 Å². The third kappa shape index (κ3) is 8.87. The van der Waals surface area contributed by atoms with E-state index in [1.165, 1.54) is 0 Å². The molecule has 3 N–H and O–H groups in total. The second kappa shape index (κ2) is 11.1. The van der Waals surface area contributed by atoms with Crippen molar-refractivity contribution in [2.24, 2.45) is 16.8 Å². The van der Waals surface area contributed by atoms with E-state index in [0.29, 0.717) is 17.9 Å². The third-order valence-electron chi connectivity index (χ3n) is 3.45. The maximum atomic E-state index is 9.07. The van der Waals surface area contributed by atoms with E-state index >= 15 is 0 Å². The Hall–Kier alpha value is -0.770. The molecule has 0 fully saturated rings. The number of aliphatic imine (C=N–C) groups is 1. The number of aliphatic hydroxyl groups excluding tert-OH is 1. The minimum absolute atomic E-state index is 0.256. The average molecular weight is 271 g/mol. The van der Waals surface area contributed by atoms with E-state index in [-0.39, 0.29) is 6.61 Å². The molecule has 114 valence electrons. The molecule has 0 saturated heterocycles. The van der Waals surface area contributed by atoms with Gasteiger partial charge in [0.15, 0.2) is 5.96 Å². The Morgan fingerprint density at radius 2 is 1.84 bits per heavy atom. The molecule has 0 aromatic carbocycles. The van der Waals surface area contributed by atoms with Crippen LogP contribution in [0.15, 0.2) is 4.99 Å². The highest BCUT2D eigenvalue weighted by atomic mass is 16.3. The zero-order chi connectivity index (χ0) is 14.7. The smallest absolute Gasteiger partial charge is 0.191 e. The zero-order valence-electron chi connectivity index (χ0n) is 13.4. The number of nitrogens with one attached hydrogen (secondary N) is 2.